The molecule has 5 N–H and O–H groups in total. The van der Waals surface area contributed by atoms with E-state index < -0.39 is 43.0 Å². The molecule has 0 aromatic heterocycles. The number of aliphatic hydroxyl groups is 2. The minimum absolute atomic E-state index is 0.486. The molecule has 0 aliphatic heterocycles. The van der Waals surface area contributed by atoms with Crippen LogP contribution in [0.5, 0.6) is 0 Å². The third kappa shape index (κ3) is 5.27. The van der Waals surface area contributed by atoms with Gasteiger partial charge in [0.05, 0.1) is 13.2 Å². The monoisotopic (exact) mass is 247 g/mol. The zero-order valence-corrected chi connectivity index (χ0v) is 9.69. The number of hydrogen-bond acceptors (Lipinski definition) is 5. The zero-order valence-electron chi connectivity index (χ0n) is 9.69. The molecule has 0 aromatic carbocycles. The van der Waals surface area contributed by atoms with Crippen molar-refractivity contribution in [3.05, 3.63) is 0 Å². The molecule has 0 fully saturated rings. The van der Waals surface area contributed by atoms with E-state index in [-0.39, 0.29) is 0 Å². The number of carbonyl (C=O) groups is 3. The molecule has 2 atom stereocenters. The highest BCUT2D eigenvalue weighted by atomic mass is 16.3. The van der Waals surface area contributed by atoms with Crippen LogP contribution in [-0.4, -0.2) is 60.3 Å². The van der Waals surface area contributed by atoms with Gasteiger partial charge in [-0.1, -0.05) is 0 Å². The summed E-state index contributed by atoms with van der Waals surface area (Å²) in [5.41, 5.74) is 0. The molecule has 8 heteroatoms. The summed E-state index contributed by atoms with van der Waals surface area (Å²) in [6.45, 7) is 0.0131. The quantitative estimate of drug-likeness (QED) is 0.336. The van der Waals surface area contributed by atoms with Crippen molar-refractivity contribution in [3.63, 3.8) is 0 Å². The molecule has 0 spiro atoms. The van der Waals surface area contributed by atoms with Crippen LogP contribution in [0.4, 0.5) is 0 Å². The lowest BCUT2D eigenvalue weighted by Gasteiger charge is -2.19. The fraction of sp³-hybridized carbons (Fsp3) is 0.667. The van der Waals surface area contributed by atoms with Gasteiger partial charge in [0, 0.05) is 14.0 Å². The third-order valence-electron chi connectivity index (χ3n) is 1.94. The molecule has 3 amide bonds. The number of amides is 3. The average Bonchev–Trinajstić information content (AvgIpc) is 2.31. The molecule has 0 rings (SSSR count). The first kappa shape index (κ1) is 15.3. The van der Waals surface area contributed by atoms with Crippen LogP contribution < -0.4 is 16.0 Å². The highest BCUT2D eigenvalue weighted by Gasteiger charge is 2.24. The van der Waals surface area contributed by atoms with Crippen LogP contribution in [0.25, 0.3) is 0 Å². The molecule has 0 aliphatic carbocycles. The first-order valence-corrected chi connectivity index (χ1v) is 4.97. The fourth-order valence-corrected chi connectivity index (χ4v) is 1.08. The molecular weight excluding hydrogens is 230 g/mol. The lowest BCUT2D eigenvalue weighted by atomic mass is 10.2. The van der Waals surface area contributed by atoms with Crippen LogP contribution in [0.1, 0.15) is 6.92 Å². The van der Waals surface area contributed by atoms with Gasteiger partial charge in [0.2, 0.25) is 17.7 Å². The summed E-state index contributed by atoms with van der Waals surface area (Å²) in [4.78, 5) is 33.4. The maximum absolute atomic E-state index is 11.5. The number of nitrogens with one attached hydrogen (secondary N) is 3. The Balaban J connectivity index is 4.47. The fourth-order valence-electron chi connectivity index (χ4n) is 1.08. The van der Waals surface area contributed by atoms with Gasteiger partial charge in [-0.15, -0.1) is 0 Å². The van der Waals surface area contributed by atoms with Gasteiger partial charge in [-0.2, -0.15) is 0 Å². The summed E-state index contributed by atoms with van der Waals surface area (Å²) < 4.78 is 0. The van der Waals surface area contributed by atoms with Crippen molar-refractivity contribution in [2.24, 2.45) is 0 Å². The van der Waals surface area contributed by atoms with Crippen molar-refractivity contribution in [1.29, 1.82) is 0 Å². The van der Waals surface area contributed by atoms with E-state index in [0.29, 0.717) is 0 Å². The SMILES string of the molecule is CNC(=O)[C@H](CO)NC(=O)[C@H](CO)NC(C)=O. The second-order valence-corrected chi connectivity index (χ2v) is 3.29. The maximum Gasteiger partial charge on any atom is 0.245 e. The van der Waals surface area contributed by atoms with Crippen LogP contribution in [0, 0.1) is 0 Å². The van der Waals surface area contributed by atoms with Gasteiger partial charge in [-0.25, -0.2) is 0 Å². The van der Waals surface area contributed by atoms with E-state index in [1.807, 2.05) is 0 Å². The minimum atomic E-state index is -1.15. The summed E-state index contributed by atoms with van der Waals surface area (Å²) in [7, 11) is 1.36. The van der Waals surface area contributed by atoms with E-state index >= 15 is 0 Å². The van der Waals surface area contributed by atoms with E-state index in [0.717, 1.165) is 0 Å². The largest absolute Gasteiger partial charge is 0.394 e. The van der Waals surface area contributed by atoms with Crippen molar-refractivity contribution in [2.75, 3.05) is 20.3 Å². The average molecular weight is 247 g/mol. The first-order chi connectivity index (χ1) is 7.96. The minimum Gasteiger partial charge on any atom is -0.394 e. The van der Waals surface area contributed by atoms with Gasteiger partial charge in [0.15, 0.2) is 0 Å². The van der Waals surface area contributed by atoms with E-state index in [1.54, 1.807) is 0 Å². The Hall–Kier alpha value is -1.67. The van der Waals surface area contributed by atoms with Crippen LogP contribution >= 0.6 is 0 Å². The number of aliphatic hydroxyl groups excluding tert-OH is 2. The zero-order chi connectivity index (χ0) is 13.4. The van der Waals surface area contributed by atoms with Gasteiger partial charge < -0.3 is 26.2 Å². The highest BCUT2D eigenvalue weighted by molar-refractivity contribution is 5.91. The normalized spacial score (nSPS) is 13.4. The lowest BCUT2D eigenvalue weighted by Crippen LogP contribution is -2.55. The van der Waals surface area contributed by atoms with Crippen molar-refractivity contribution in [3.8, 4) is 0 Å². The predicted octanol–water partition coefficient (Wildman–Crippen LogP) is -3.29. The molecular formula is C9H17N3O5. The van der Waals surface area contributed by atoms with Crippen LogP contribution in [0.3, 0.4) is 0 Å². The summed E-state index contributed by atoms with van der Waals surface area (Å²) in [5.74, 6) is -1.80. The second-order valence-electron chi connectivity index (χ2n) is 3.29. The number of likely N-dealkylation sites (N-methyl/N-ethyl adjacent to an activating group) is 1. The summed E-state index contributed by atoms with van der Waals surface area (Å²) in [6.07, 6.45) is 0. The van der Waals surface area contributed by atoms with Crippen molar-refractivity contribution in [2.45, 2.75) is 19.0 Å². The Labute approximate surface area is 98.4 Å². The van der Waals surface area contributed by atoms with Gasteiger partial charge in [0.25, 0.3) is 0 Å². The summed E-state index contributed by atoms with van der Waals surface area (Å²) in [5, 5.41) is 24.4. The van der Waals surface area contributed by atoms with Gasteiger partial charge in [-0.05, 0) is 0 Å². The third-order valence-corrected chi connectivity index (χ3v) is 1.94. The lowest BCUT2D eigenvalue weighted by molar-refractivity contribution is -0.133. The van der Waals surface area contributed by atoms with Crippen LogP contribution in [0.2, 0.25) is 0 Å². The molecule has 0 aromatic rings. The highest BCUT2D eigenvalue weighted by Crippen LogP contribution is 1.88. The molecule has 0 saturated carbocycles. The number of hydrogen-bond donors (Lipinski definition) is 5. The van der Waals surface area contributed by atoms with Crippen molar-refractivity contribution >= 4 is 17.7 Å². The molecule has 0 unspecified atom stereocenters. The Morgan fingerprint density at radius 3 is 1.82 bits per heavy atom. The Morgan fingerprint density at radius 1 is 1.00 bits per heavy atom. The molecule has 0 aliphatic rings. The number of carbonyl (C=O) groups excluding carboxylic acids is 3. The number of rotatable bonds is 6. The molecule has 0 heterocycles. The molecule has 0 bridgehead atoms. The molecule has 17 heavy (non-hydrogen) atoms. The molecule has 0 saturated heterocycles. The van der Waals surface area contributed by atoms with Crippen LogP contribution in [0.15, 0.2) is 0 Å². The molecule has 8 nitrogen and oxygen atoms in total. The second kappa shape index (κ2) is 7.58. The standard InChI is InChI=1S/C9H17N3O5/c1-5(15)11-7(4-14)9(17)12-6(3-13)8(16)10-2/h6-7,13-14H,3-4H2,1-2H3,(H,10,16)(H,11,15)(H,12,17)/t6-,7-/m0/s1. The first-order valence-electron chi connectivity index (χ1n) is 4.97. The Morgan fingerprint density at radius 2 is 1.47 bits per heavy atom. The van der Waals surface area contributed by atoms with Gasteiger partial charge in [-0.3, -0.25) is 14.4 Å². The Bertz CT molecular complexity index is 294. The maximum atomic E-state index is 11.5. The topological polar surface area (TPSA) is 128 Å². The van der Waals surface area contributed by atoms with Crippen molar-refractivity contribution in [1.82, 2.24) is 16.0 Å². The molecule has 98 valence electrons. The van der Waals surface area contributed by atoms with Gasteiger partial charge >= 0.3 is 0 Å². The Kier molecular flexibility index (Phi) is 6.83. The van der Waals surface area contributed by atoms with Crippen LogP contribution in [-0.2, 0) is 14.4 Å². The summed E-state index contributed by atoms with van der Waals surface area (Å²) >= 11 is 0. The van der Waals surface area contributed by atoms with Crippen molar-refractivity contribution < 1.29 is 24.6 Å². The summed E-state index contributed by atoms with van der Waals surface area (Å²) in [6, 6.07) is -2.26. The smallest absolute Gasteiger partial charge is 0.245 e. The van der Waals surface area contributed by atoms with E-state index in [9.17, 15) is 14.4 Å². The predicted molar refractivity (Wildman–Crippen MR) is 57.8 cm³/mol. The van der Waals surface area contributed by atoms with E-state index in [1.165, 1.54) is 14.0 Å². The molecule has 0 radical (unpaired) electrons. The van der Waals surface area contributed by atoms with E-state index in [2.05, 4.69) is 16.0 Å². The van der Waals surface area contributed by atoms with E-state index in [4.69, 9.17) is 10.2 Å². The van der Waals surface area contributed by atoms with Gasteiger partial charge in [0.1, 0.15) is 12.1 Å².